The summed E-state index contributed by atoms with van der Waals surface area (Å²) in [5.74, 6) is -0.606. The number of hydroxylamine groups is 1. The zero-order valence-corrected chi connectivity index (χ0v) is 20.5. The van der Waals surface area contributed by atoms with Crippen LogP contribution in [0.5, 0.6) is 0 Å². The Kier molecular flexibility index (Phi) is 11.2. The number of hydrogen-bond donors (Lipinski definition) is 4. The molecule has 0 saturated heterocycles. The van der Waals surface area contributed by atoms with Gasteiger partial charge in [0.05, 0.1) is 4.88 Å². The van der Waals surface area contributed by atoms with Gasteiger partial charge in [-0.1, -0.05) is 57.0 Å². The Morgan fingerprint density at radius 1 is 1.00 bits per heavy atom. The lowest BCUT2D eigenvalue weighted by Gasteiger charge is -2.09. The number of nitrogens with two attached hydrogens (primary N) is 1. The Morgan fingerprint density at radius 2 is 1.68 bits per heavy atom. The number of aryl methyl sites for hydroxylation is 1. The second kappa shape index (κ2) is 14.1. The molecule has 34 heavy (non-hydrogen) atoms. The molecule has 0 radical (unpaired) electrons. The lowest BCUT2D eigenvalue weighted by molar-refractivity contribution is -0.122. The standard InChI is InChI=1S/C18H16N2O3S.C8H17NO/c21-17(9-6-12-4-2-1-3-5-12)19-14-7-8-15-13(10-14)11-16(24-15)18(22)20-23;1-3-5-7(6-4-2)8(9)10/h1-5,7-8,10-11,23H,6,9H2,(H,19,21)(H,20,22);7H,3-6H2,1-2H3,(H2,9,10). The maximum absolute atomic E-state index is 12.1. The van der Waals surface area contributed by atoms with Crippen molar-refractivity contribution in [2.75, 3.05) is 5.32 Å². The highest BCUT2D eigenvalue weighted by Crippen LogP contribution is 2.28. The summed E-state index contributed by atoms with van der Waals surface area (Å²) in [5.41, 5.74) is 8.61. The van der Waals surface area contributed by atoms with Crippen molar-refractivity contribution in [2.45, 2.75) is 52.4 Å². The molecule has 3 rings (SSSR count). The summed E-state index contributed by atoms with van der Waals surface area (Å²) in [5, 5.41) is 12.4. The monoisotopic (exact) mass is 483 g/mol. The van der Waals surface area contributed by atoms with Gasteiger partial charge in [0.1, 0.15) is 0 Å². The van der Waals surface area contributed by atoms with Gasteiger partial charge in [0, 0.05) is 22.7 Å². The lowest BCUT2D eigenvalue weighted by Crippen LogP contribution is -2.22. The van der Waals surface area contributed by atoms with E-state index in [1.54, 1.807) is 17.6 Å². The predicted molar refractivity (Wildman–Crippen MR) is 137 cm³/mol. The van der Waals surface area contributed by atoms with Gasteiger partial charge in [0.15, 0.2) is 0 Å². The number of fused-ring (bicyclic) bond motifs is 1. The van der Waals surface area contributed by atoms with Crippen LogP contribution in [0.3, 0.4) is 0 Å². The van der Waals surface area contributed by atoms with Gasteiger partial charge in [-0.25, -0.2) is 5.48 Å². The molecule has 1 aromatic heterocycles. The number of thiophene rings is 1. The Hall–Kier alpha value is -3.23. The van der Waals surface area contributed by atoms with Gasteiger partial charge >= 0.3 is 0 Å². The van der Waals surface area contributed by atoms with E-state index in [-0.39, 0.29) is 17.7 Å². The minimum atomic E-state index is -0.537. The Balaban J connectivity index is 0.000000347. The fraction of sp³-hybridized carbons (Fsp3) is 0.346. The largest absolute Gasteiger partial charge is 0.369 e. The van der Waals surface area contributed by atoms with E-state index in [2.05, 4.69) is 19.2 Å². The molecular formula is C26H33N3O4S. The third-order valence-electron chi connectivity index (χ3n) is 5.29. The third-order valence-corrected chi connectivity index (χ3v) is 6.40. The topological polar surface area (TPSA) is 122 Å². The first-order valence-corrected chi connectivity index (χ1v) is 12.3. The first kappa shape index (κ1) is 27.0. The summed E-state index contributed by atoms with van der Waals surface area (Å²) in [6.07, 6.45) is 5.09. The molecular weight excluding hydrogens is 450 g/mol. The molecule has 0 aliphatic rings. The molecule has 0 saturated carbocycles. The number of carbonyl (C=O) groups excluding carboxylic acids is 3. The smallest absolute Gasteiger partial charge is 0.284 e. The Bertz CT molecular complexity index is 1080. The van der Waals surface area contributed by atoms with Crippen molar-refractivity contribution in [3.05, 3.63) is 65.0 Å². The maximum Gasteiger partial charge on any atom is 0.284 e. The quantitative estimate of drug-likeness (QED) is 0.231. The van der Waals surface area contributed by atoms with E-state index < -0.39 is 5.91 Å². The third kappa shape index (κ3) is 8.61. The van der Waals surface area contributed by atoms with Gasteiger partial charge in [-0.15, -0.1) is 11.3 Å². The number of carbonyl (C=O) groups is 3. The highest BCUT2D eigenvalue weighted by atomic mass is 32.1. The van der Waals surface area contributed by atoms with E-state index in [1.165, 1.54) is 11.3 Å². The van der Waals surface area contributed by atoms with Gasteiger partial charge in [-0.05, 0) is 54.5 Å². The molecule has 0 bridgehead atoms. The normalized spacial score (nSPS) is 10.5. The zero-order valence-electron chi connectivity index (χ0n) is 19.7. The molecule has 1 heterocycles. The highest BCUT2D eigenvalue weighted by Gasteiger charge is 2.12. The second-order valence-electron chi connectivity index (χ2n) is 8.01. The van der Waals surface area contributed by atoms with Gasteiger partial charge in [0.25, 0.3) is 5.91 Å². The maximum atomic E-state index is 12.1. The average molecular weight is 484 g/mol. The number of rotatable bonds is 10. The number of nitrogens with one attached hydrogen (secondary N) is 2. The van der Waals surface area contributed by atoms with E-state index in [1.807, 2.05) is 42.5 Å². The number of benzene rings is 2. The number of hydrogen-bond acceptors (Lipinski definition) is 5. The van der Waals surface area contributed by atoms with Crippen LogP contribution in [-0.4, -0.2) is 22.9 Å². The molecule has 2 aromatic carbocycles. The van der Waals surface area contributed by atoms with Crippen LogP contribution in [0.4, 0.5) is 5.69 Å². The van der Waals surface area contributed by atoms with Crippen LogP contribution in [0.25, 0.3) is 10.1 Å². The summed E-state index contributed by atoms with van der Waals surface area (Å²) in [6, 6.07) is 17.0. The van der Waals surface area contributed by atoms with Crippen molar-refractivity contribution >= 4 is 44.8 Å². The summed E-state index contributed by atoms with van der Waals surface area (Å²) in [4.78, 5) is 34.6. The Labute approximate surface area is 204 Å². The van der Waals surface area contributed by atoms with Crippen LogP contribution in [-0.2, 0) is 16.0 Å². The molecule has 182 valence electrons. The summed E-state index contributed by atoms with van der Waals surface area (Å²) < 4.78 is 0.913. The number of primary amides is 1. The van der Waals surface area contributed by atoms with Gasteiger partial charge in [-0.2, -0.15) is 0 Å². The van der Waals surface area contributed by atoms with Gasteiger partial charge < -0.3 is 11.1 Å². The van der Waals surface area contributed by atoms with E-state index in [0.29, 0.717) is 23.4 Å². The van der Waals surface area contributed by atoms with Crippen molar-refractivity contribution in [1.82, 2.24) is 5.48 Å². The van der Waals surface area contributed by atoms with Crippen LogP contribution in [0.1, 0.15) is 61.2 Å². The lowest BCUT2D eigenvalue weighted by atomic mass is 9.98. The number of amides is 3. The minimum absolute atomic E-state index is 0.0539. The second-order valence-corrected chi connectivity index (χ2v) is 9.10. The highest BCUT2D eigenvalue weighted by molar-refractivity contribution is 7.20. The van der Waals surface area contributed by atoms with Crippen LogP contribution >= 0.6 is 11.3 Å². The van der Waals surface area contributed by atoms with E-state index in [4.69, 9.17) is 10.9 Å². The number of anilines is 1. The fourth-order valence-corrected chi connectivity index (χ4v) is 4.47. The van der Waals surface area contributed by atoms with Gasteiger partial charge in [-0.3, -0.25) is 19.6 Å². The molecule has 0 aliphatic heterocycles. The first-order valence-electron chi connectivity index (χ1n) is 11.5. The Morgan fingerprint density at radius 3 is 2.26 bits per heavy atom. The molecule has 0 unspecified atom stereocenters. The van der Waals surface area contributed by atoms with Crippen molar-refractivity contribution in [1.29, 1.82) is 0 Å². The molecule has 0 fully saturated rings. The summed E-state index contributed by atoms with van der Waals surface area (Å²) in [7, 11) is 0. The van der Waals surface area contributed by atoms with Crippen molar-refractivity contribution in [3.8, 4) is 0 Å². The van der Waals surface area contributed by atoms with Crippen molar-refractivity contribution in [2.24, 2.45) is 11.7 Å². The van der Waals surface area contributed by atoms with Crippen LogP contribution in [0, 0.1) is 5.92 Å². The van der Waals surface area contributed by atoms with E-state index >= 15 is 0 Å². The molecule has 0 spiro atoms. The van der Waals surface area contributed by atoms with Crippen molar-refractivity contribution < 1.29 is 19.6 Å². The minimum Gasteiger partial charge on any atom is -0.369 e. The molecule has 7 nitrogen and oxygen atoms in total. The summed E-state index contributed by atoms with van der Waals surface area (Å²) in [6.45, 7) is 4.15. The molecule has 0 aliphatic carbocycles. The van der Waals surface area contributed by atoms with Crippen LogP contribution in [0.15, 0.2) is 54.6 Å². The molecule has 3 aromatic rings. The van der Waals surface area contributed by atoms with Crippen LogP contribution in [0.2, 0.25) is 0 Å². The van der Waals surface area contributed by atoms with Crippen molar-refractivity contribution in [3.63, 3.8) is 0 Å². The zero-order chi connectivity index (χ0) is 24.9. The van der Waals surface area contributed by atoms with E-state index in [9.17, 15) is 14.4 Å². The molecule has 8 heteroatoms. The van der Waals surface area contributed by atoms with E-state index in [0.717, 1.165) is 41.3 Å². The fourth-order valence-electron chi connectivity index (χ4n) is 3.54. The molecule has 5 N–H and O–H groups in total. The van der Waals surface area contributed by atoms with Gasteiger partial charge in [0.2, 0.25) is 11.8 Å². The molecule has 0 atom stereocenters. The first-order chi connectivity index (χ1) is 16.4. The molecule has 3 amide bonds. The average Bonchev–Trinajstić information content (AvgIpc) is 3.26. The van der Waals surface area contributed by atoms with Crippen LogP contribution < -0.4 is 16.5 Å². The summed E-state index contributed by atoms with van der Waals surface area (Å²) >= 11 is 1.28. The SMILES string of the molecule is CCCC(CCC)C(N)=O.O=C(CCc1ccccc1)Nc1ccc2sc(C(=O)NO)cc2c1. The predicted octanol–water partition coefficient (Wildman–Crippen LogP) is 5.28.